The molecule has 1 fully saturated rings. The summed E-state index contributed by atoms with van der Waals surface area (Å²) in [5.74, 6) is 1.92. The molecule has 2 unspecified atom stereocenters. The van der Waals surface area contributed by atoms with Crippen LogP contribution in [0.4, 0.5) is 4.39 Å². The van der Waals surface area contributed by atoms with E-state index in [0.717, 1.165) is 23.0 Å². The molecule has 1 saturated carbocycles. The van der Waals surface area contributed by atoms with Gasteiger partial charge in [-0.25, -0.2) is 4.39 Å². The third-order valence-electron chi connectivity index (χ3n) is 8.16. The normalized spacial score (nSPS) is 18.8. The van der Waals surface area contributed by atoms with E-state index in [4.69, 9.17) is 0 Å². The van der Waals surface area contributed by atoms with Gasteiger partial charge in [0.2, 0.25) is 0 Å². The summed E-state index contributed by atoms with van der Waals surface area (Å²) in [6.07, 6.45) is 9.87. The number of carbonyl (C=O) groups is 1. The lowest BCUT2D eigenvalue weighted by molar-refractivity contribution is 0.0959. The molecule has 0 heterocycles. The van der Waals surface area contributed by atoms with Crippen LogP contribution >= 0.6 is 0 Å². The standard InChI is InChI=1S/C33H39FO.C2H6/c1-3-8-25(4-2)26-15-17-28(18-16-26)27-13-11-24(12-14-27)23-32(29-19-21-31(34)22-20-29)33(35)30-9-6-5-7-10-30;1-2/h5-7,9-14,19-22,25-26,28,32H,3-4,8,15-18,23H2,1-2H3;1-2H3. The van der Waals surface area contributed by atoms with Crippen molar-refractivity contribution in [3.05, 3.63) is 107 Å². The monoisotopic (exact) mass is 500 g/mol. The van der Waals surface area contributed by atoms with Gasteiger partial charge in [0, 0.05) is 5.56 Å². The average Bonchev–Trinajstić information content (AvgIpc) is 2.97. The van der Waals surface area contributed by atoms with Crippen LogP contribution in [-0.2, 0) is 6.42 Å². The van der Waals surface area contributed by atoms with E-state index in [9.17, 15) is 9.18 Å². The van der Waals surface area contributed by atoms with Crippen LogP contribution in [0.2, 0.25) is 0 Å². The number of Topliss-reactive ketones (excluding diaryl/α,β-unsaturated/α-hetero) is 1. The van der Waals surface area contributed by atoms with Crippen LogP contribution < -0.4 is 0 Å². The molecule has 0 radical (unpaired) electrons. The number of ketones is 1. The van der Waals surface area contributed by atoms with Gasteiger partial charge in [-0.15, -0.1) is 0 Å². The molecule has 3 aromatic carbocycles. The third-order valence-corrected chi connectivity index (χ3v) is 8.16. The van der Waals surface area contributed by atoms with Gasteiger partial charge >= 0.3 is 0 Å². The highest BCUT2D eigenvalue weighted by molar-refractivity contribution is 6.01. The molecule has 0 spiro atoms. The zero-order chi connectivity index (χ0) is 26.6. The van der Waals surface area contributed by atoms with Crippen LogP contribution in [-0.4, -0.2) is 5.78 Å². The van der Waals surface area contributed by atoms with Crippen LogP contribution in [0.1, 0.15) is 112 Å². The average molecular weight is 501 g/mol. The lowest BCUT2D eigenvalue weighted by atomic mass is 9.72. The first-order chi connectivity index (χ1) is 18.1. The Morgan fingerprint density at radius 1 is 0.838 bits per heavy atom. The van der Waals surface area contributed by atoms with Crippen LogP contribution in [0.3, 0.4) is 0 Å². The maximum Gasteiger partial charge on any atom is 0.170 e. The van der Waals surface area contributed by atoms with Gasteiger partial charge < -0.3 is 0 Å². The molecule has 3 aromatic rings. The molecule has 0 N–H and O–H groups in total. The fourth-order valence-electron chi connectivity index (χ4n) is 6.09. The van der Waals surface area contributed by atoms with E-state index >= 15 is 0 Å². The summed E-state index contributed by atoms with van der Waals surface area (Å²) in [4.78, 5) is 13.4. The first-order valence-corrected chi connectivity index (χ1v) is 14.5. The minimum atomic E-state index is -0.330. The zero-order valence-corrected chi connectivity index (χ0v) is 23.3. The molecule has 1 aliphatic rings. The molecule has 1 aliphatic carbocycles. The lowest BCUT2D eigenvalue weighted by Crippen LogP contribution is -2.21. The Morgan fingerprint density at radius 3 is 2.03 bits per heavy atom. The fraction of sp³-hybridized carbons (Fsp3) is 0.457. The summed E-state index contributed by atoms with van der Waals surface area (Å²) in [7, 11) is 0. The van der Waals surface area contributed by atoms with Gasteiger partial charge in [-0.2, -0.15) is 0 Å². The molecule has 1 nitrogen and oxygen atoms in total. The molecule has 37 heavy (non-hydrogen) atoms. The van der Waals surface area contributed by atoms with E-state index in [0.29, 0.717) is 17.9 Å². The molecule has 2 heteroatoms. The Balaban J connectivity index is 0.00000186. The van der Waals surface area contributed by atoms with Gasteiger partial charge in [0.25, 0.3) is 0 Å². The number of halogens is 1. The maximum atomic E-state index is 13.6. The fourth-order valence-corrected chi connectivity index (χ4v) is 6.09. The summed E-state index contributed by atoms with van der Waals surface area (Å²) in [5.41, 5.74) is 4.14. The molecule has 0 amide bonds. The molecular formula is C35H45FO. The topological polar surface area (TPSA) is 17.1 Å². The van der Waals surface area contributed by atoms with Gasteiger partial charge in [0.15, 0.2) is 5.78 Å². The quantitative estimate of drug-likeness (QED) is 0.253. The van der Waals surface area contributed by atoms with Crippen LogP contribution in [0.5, 0.6) is 0 Å². The molecule has 4 rings (SSSR count). The second-order valence-electron chi connectivity index (χ2n) is 10.3. The number of benzene rings is 3. The summed E-state index contributed by atoms with van der Waals surface area (Å²) >= 11 is 0. The second-order valence-corrected chi connectivity index (χ2v) is 10.3. The zero-order valence-electron chi connectivity index (χ0n) is 23.3. The van der Waals surface area contributed by atoms with Crippen molar-refractivity contribution in [2.75, 3.05) is 0 Å². The van der Waals surface area contributed by atoms with Crippen molar-refractivity contribution < 1.29 is 9.18 Å². The maximum absolute atomic E-state index is 13.6. The van der Waals surface area contributed by atoms with Gasteiger partial charge in [0.1, 0.15) is 5.82 Å². The molecule has 0 bridgehead atoms. The predicted octanol–water partition coefficient (Wildman–Crippen LogP) is 10.2. The molecule has 2 atom stereocenters. The van der Waals surface area contributed by atoms with Gasteiger partial charge in [-0.3, -0.25) is 4.79 Å². The molecule has 0 aliphatic heterocycles. The Morgan fingerprint density at radius 2 is 1.46 bits per heavy atom. The van der Waals surface area contributed by atoms with E-state index in [1.807, 2.05) is 44.2 Å². The van der Waals surface area contributed by atoms with Crippen molar-refractivity contribution >= 4 is 5.78 Å². The van der Waals surface area contributed by atoms with E-state index < -0.39 is 0 Å². The van der Waals surface area contributed by atoms with E-state index in [1.54, 1.807) is 12.1 Å². The number of rotatable bonds is 10. The largest absolute Gasteiger partial charge is 0.293 e. The molecule has 0 saturated heterocycles. The van der Waals surface area contributed by atoms with Crippen molar-refractivity contribution in [2.24, 2.45) is 11.8 Å². The minimum Gasteiger partial charge on any atom is -0.293 e. The van der Waals surface area contributed by atoms with Crippen molar-refractivity contribution in [2.45, 2.75) is 90.9 Å². The second kappa shape index (κ2) is 14.9. The van der Waals surface area contributed by atoms with Gasteiger partial charge in [-0.05, 0) is 78.7 Å². The van der Waals surface area contributed by atoms with E-state index in [-0.39, 0.29) is 17.5 Å². The Hall–Kier alpha value is -2.74. The Labute approximate surface area is 224 Å². The van der Waals surface area contributed by atoms with Crippen LogP contribution in [0.25, 0.3) is 0 Å². The van der Waals surface area contributed by atoms with Crippen molar-refractivity contribution in [3.8, 4) is 0 Å². The predicted molar refractivity (Wildman–Crippen MR) is 155 cm³/mol. The van der Waals surface area contributed by atoms with Crippen LogP contribution in [0, 0.1) is 17.7 Å². The van der Waals surface area contributed by atoms with E-state index in [2.05, 4.69) is 38.1 Å². The first kappa shape index (κ1) is 28.8. The SMILES string of the molecule is CC.CCCC(CC)C1CCC(c2ccc(CC(C(=O)c3ccccc3)c3ccc(F)cc3)cc2)CC1. The van der Waals surface area contributed by atoms with Crippen molar-refractivity contribution in [1.29, 1.82) is 0 Å². The lowest BCUT2D eigenvalue weighted by Gasteiger charge is -2.34. The summed E-state index contributed by atoms with van der Waals surface area (Å²) in [5, 5.41) is 0. The molecule has 0 aromatic heterocycles. The first-order valence-electron chi connectivity index (χ1n) is 14.5. The van der Waals surface area contributed by atoms with E-state index in [1.165, 1.54) is 62.6 Å². The summed E-state index contributed by atoms with van der Waals surface area (Å²) in [6, 6.07) is 24.8. The van der Waals surface area contributed by atoms with Gasteiger partial charge in [-0.1, -0.05) is 114 Å². The number of hydrogen-bond donors (Lipinski definition) is 0. The Bertz CT molecular complexity index is 1050. The molecule has 198 valence electrons. The highest BCUT2D eigenvalue weighted by atomic mass is 19.1. The minimum absolute atomic E-state index is 0.0807. The Kier molecular flexibility index (Phi) is 11.6. The summed E-state index contributed by atoms with van der Waals surface area (Å²) < 4.78 is 13.6. The number of hydrogen-bond acceptors (Lipinski definition) is 1. The highest BCUT2D eigenvalue weighted by Gasteiger charge is 2.27. The third kappa shape index (κ3) is 7.87. The highest BCUT2D eigenvalue weighted by Crippen LogP contribution is 2.41. The summed E-state index contributed by atoms with van der Waals surface area (Å²) in [6.45, 7) is 8.66. The van der Waals surface area contributed by atoms with Crippen molar-refractivity contribution in [3.63, 3.8) is 0 Å². The van der Waals surface area contributed by atoms with Crippen molar-refractivity contribution in [1.82, 2.24) is 0 Å². The smallest absolute Gasteiger partial charge is 0.170 e. The van der Waals surface area contributed by atoms with Crippen LogP contribution in [0.15, 0.2) is 78.9 Å². The number of carbonyl (C=O) groups excluding carboxylic acids is 1. The molecular weight excluding hydrogens is 455 g/mol. The van der Waals surface area contributed by atoms with Gasteiger partial charge in [0.05, 0.1) is 5.92 Å².